The number of aromatic nitrogens is 1. The van der Waals surface area contributed by atoms with E-state index in [4.69, 9.17) is 9.47 Å². The second-order valence-corrected chi connectivity index (χ2v) is 14.0. The second kappa shape index (κ2) is 14.3. The van der Waals surface area contributed by atoms with E-state index in [1.54, 1.807) is 25.7 Å². The van der Waals surface area contributed by atoms with Gasteiger partial charge in [-0.1, -0.05) is 64.4 Å². The Labute approximate surface area is 264 Å². The summed E-state index contributed by atoms with van der Waals surface area (Å²) in [5.74, 6) is -1.84. The average Bonchev–Trinajstić information content (AvgIpc) is 3.51. The molecule has 2 fully saturated rings. The van der Waals surface area contributed by atoms with Crippen LogP contribution in [0.5, 0.6) is 0 Å². The molecule has 3 heterocycles. The van der Waals surface area contributed by atoms with Gasteiger partial charge in [-0.2, -0.15) is 0 Å². The number of ketones is 1. The summed E-state index contributed by atoms with van der Waals surface area (Å²) >= 11 is 1.52. The summed E-state index contributed by atoms with van der Waals surface area (Å²) in [4.78, 5) is 46.2. The van der Waals surface area contributed by atoms with E-state index in [1.807, 2.05) is 62.6 Å². The van der Waals surface area contributed by atoms with Gasteiger partial charge in [-0.05, 0) is 49.8 Å². The number of benzene rings is 1. The number of aryl methyl sites for hydroxylation is 1. The normalized spacial score (nSPS) is 30.3. The van der Waals surface area contributed by atoms with E-state index in [0.29, 0.717) is 19.3 Å². The van der Waals surface area contributed by atoms with E-state index in [2.05, 4.69) is 4.98 Å². The maximum atomic E-state index is 13.4. The number of thiazole rings is 1. The van der Waals surface area contributed by atoms with Crippen LogP contribution in [0.1, 0.15) is 83.0 Å². The lowest BCUT2D eigenvalue weighted by Crippen LogP contribution is -2.45. The van der Waals surface area contributed by atoms with Crippen molar-refractivity contribution < 1.29 is 34.1 Å². The van der Waals surface area contributed by atoms with Gasteiger partial charge >= 0.3 is 12.1 Å². The number of amides is 1. The topological polar surface area (TPSA) is 126 Å². The number of hydrogen-bond acceptors (Lipinski definition) is 9. The highest BCUT2D eigenvalue weighted by Gasteiger charge is 2.53. The molecule has 0 aliphatic carbocycles. The number of hydrogen-bond donors (Lipinski definition) is 2. The third-order valence-corrected chi connectivity index (χ3v) is 10.0. The predicted molar refractivity (Wildman–Crippen MR) is 169 cm³/mol. The van der Waals surface area contributed by atoms with Gasteiger partial charge in [0.2, 0.25) is 0 Å². The molecule has 9 nitrogen and oxygen atoms in total. The zero-order chi connectivity index (χ0) is 32.2. The van der Waals surface area contributed by atoms with Gasteiger partial charge in [0.15, 0.2) is 0 Å². The number of rotatable bonds is 4. The molecule has 0 spiro atoms. The van der Waals surface area contributed by atoms with Crippen molar-refractivity contribution in [3.8, 4) is 0 Å². The van der Waals surface area contributed by atoms with Gasteiger partial charge in [0.1, 0.15) is 18.5 Å². The summed E-state index contributed by atoms with van der Waals surface area (Å²) < 4.78 is 11.7. The third kappa shape index (κ3) is 8.14. The van der Waals surface area contributed by atoms with Crippen molar-refractivity contribution in [2.24, 2.45) is 17.3 Å². The molecule has 4 rings (SSSR count). The molecule has 0 unspecified atom stereocenters. The van der Waals surface area contributed by atoms with Gasteiger partial charge in [0.05, 0.1) is 46.8 Å². The number of Topliss-reactive ketones (excluding diaryl/α,β-unsaturated/α-hetero) is 1. The Morgan fingerprint density at radius 3 is 2.52 bits per heavy atom. The van der Waals surface area contributed by atoms with Crippen molar-refractivity contribution in [1.29, 1.82) is 0 Å². The van der Waals surface area contributed by atoms with Gasteiger partial charge in [0, 0.05) is 17.7 Å². The van der Waals surface area contributed by atoms with Crippen LogP contribution in [-0.4, -0.2) is 68.3 Å². The summed E-state index contributed by atoms with van der Waals surface area (Å²) in [5, 5.41) is 24.9. The molecule has 2 aromatic rings. The molecule has 1 aromatic carbocycles. The lowest BCUT2D eigenvalue weighted by molar-refractivity contribution is -0.154. The number of cyclic esters (lactones) is 1. The van der Waals surface area contributed by atoms with Crippen molar-refractivity contribution in [1.82, 2.24) is 9.88 Å². The van der Waals surface area contributed by atoms with Crippen LogP contribution in [0.4, 0.5) is 4.79 Å². The van der Waals surface area contributed by atoms with Gasteiger partial charge < -0.3 is 19.7 Å². The van der Waals surface area contributed by atoms with Crippen molar-refractivity contribution in [2.75, 3.05) is 0 Å². The number of ether oxygens (including phenoxy) is 2. The highest BCUT2D eigenvalue weighted by atomic mass is 32.1. The fourth-order valence-electron chi connectivity index (χ4n) is 6.16. The summed E-state index contributed by atoms with van der Waals surface area (Å²) in [7, 11) is 0. The minimum absolute atomic E-state index is 0.116. The summed E-state index contributed by atoms with van der Waals surface area (Å²) in [5.41, 5.74) is 1.14. The van der Waals surface area contributed by atoms with Crippen LogP contribution in [0, 0.1) is 24.2 Å². The van der Waals surface area contributed by atoms with Gasteiger partial charge in [0.25, 0.3) is 0 Å². The Bertz CT molecular complexity index is 1340. The lowest BCUT2D eigenvalue weighted by atomic mass is 9.73. The van der Waals surface area contributed by atoms with Crippen LogP contribution in [0.2, 0.25) is 0 Å². The molecule has 2 saturated heterocycles. The van der Waals surface area contributed by atoms with Crippen LogP contribution < -0.4 is 0 Å². The Morgan fingerprint density at radius 2 is 1.86 bits per heavy atom. The number of carbonyl (C=O) groups is 3. The SMILES string of the molecule is C/C(=C\c1csc(C)n1)[C@@H]1C[C@H]2[C@@H](CCC[C@H](C)[C@H](O)[C@@H](C)C(=O)C(C)(C)[C@@H](O)CC(=O)O1)N2C(=O)OCc1ccccc1. The maximum Gasteiger partial charge on any atom is 0.410 e. The quantitative estimate of drug-likeness (QED) is 0.327. The zero-order valence-corrected chi connectivity index (χ0v) is 27.4. The van der Waals surface area contributed by atoms with Gasteiger partial charge in [-0.3, -0.25) is 14.5 Å². The standard InChI is InChI=1S/C34H46N2O7S/c1-20-11-10-14-26-27(36(26)33(41)42-18-24-12-8-7-9-13-24)16-28(21(2)15-25-19-44-23(4)35-25)43-30(38)17-29(37)34(5,6)32(40)22(3)31(20)39/h7-9,12-13,15,19-20,22,26-29,31,37,39H,10-11,14,16-18H2,1-6H3/b21-15+/t20-,22+,26+,27-,28-,29-,31-,36?/m0/s1. The van der Waals surface area contributed by atoms with Crippen LogP contribution in [0.15, 0.2) is 41.3 Å². The smallest absolute Gasteiger partial charge is 0.410 e. The third-order valence-electron chi connectivity index (χ3n) is 9.23. The molecule has 1 amide bonds. The highest BCUT2D eigenvalue weighted by Crippen LogP contribution is 2.40. The molecule has 2 aliphatic rings. The second-order valence-electron chi connectivity index (χ2n) is 13.0. The molecule has 2 N–H and O–H groups in total. The highest BCUT2D eigenvalue weighted by molar-refractivity contribution is 7.09. The number of esters is 1. The minimum atomic E-state index is -1.30. The molecule has 0 bridgehead atoms. The first-order valence-electron chi connectivity index (χ1n) is 15.5. The van der Waals surface area contributed by atoms with E-state index < -0.39 is 41.7 Å². The van der Waals surface area contributed by atoms with Crippen LogP contribution in [0.3, 0.4) is 0 Å². The Balaban J connectivity index is 1.60. The molecular weight excluding hydrogens is 580 g/mol. The molecule has 0 radical (unpaired) electrons. The summed E-state index contributed by atoms with van der Waals surface area (Å²) in [6.07, 6.45) is 0.629. The molecule has 44 heavy (non-hydrogen) atoms. The number of fused-ring (bicyclic) bond motifs is 1. The van der Waals surface area contributed by atoms with Crippen LogP contribution in [-0.2, 0) is 25.7 Å². The number of aliphatic hydroxyl groups is 2. The fourth-order valence-corrected chi connectivity index (χ4v) is 6.73. The van der Waals surface area contributed by atoms with E-state index in [0.717, 1.165) is 28.3 Å². The first-order chi connectivity index (χ1) is 20.8. The number of nitrogens with zero attached hydrogens (tertiary/aromatic N) is 2. The molecular formula is C34H46N2O7S. The maximum absolute atomic E-state index is 13.4. The molecule has 7 atom stereocenters. The van der Waals surface area contributed by atoms with Crippen molar-refractivity contribution in [3.63, 3.8) is 0 Å². The average molecular weight is 627 g/mol. The fraction of sp³-hybridized carbons (Fsp3) is 0.588. The number of aliphatic hydroxyl groups excluding tert-OH is 2. The van der Waals surface area contributed by atoms with Crippen molar-refractivity contribution in [2.45, 2.75) is 111 Å². The van der Waals surface area contributed by atoms with Crippen molar-refractivity contribution in [3.05, 3.63) is 57.6 Å². The molecule has 2 aliphatic heterocycles. The van der Waals surface area contributed by atoms with Crippen LogP contribution in [0.25, 0.3) is 6.08 Å². The van der Waals surface area contributed by atoms with Crippen LogP contribution >= 0.6 is 11.3 Å². The van der Waals surface area contributed by atoms with Gasteiger partial charge in [-0.15, -0.1) is 11.3 Å². The zero-order valence-electron chi connectivity index (χ0n) is 26.6. The Hall–Kier alpha value is -3.08. The molecule has 240 valence electrons. The van der Waals surface area contributed by atoms with E-state index in [-0.39, 0.29) is 36.8 Å². The molecule has 10 heteroatoms. The lowest BCUT2D eigenvalue weighted by Gasteiger charge is -2.34. The van der Waals surface area contributed by atoms with Crippen molar-refractivity contribution >= 4 is 35.3 Å². The summed E-state index contributed by atoms with van der Waals surface area (Å²) in [6, 6.07) is 9.15. The predicted octanol–water partition coefficient (Wildman–Crippen LogP) is 5.71. The number of carbonyl (C=O) groups excluding carboxylic acids is 3. The Kier molecular flexibility index (Phi) is 11.0. The van der Waals surface area contributed by atoms with E-state index in [9.17, 15) is 24.6 Å². The first-order valence-corrected chi connectivity index (χ1v) is 16.4. The molecule has 0 saturated carbocycles. The molecule has 1 aromatic heterocycles. The van der Waals surface area contributed by atoms with E-state index in [1.165, 1.54) is 11.3 Å². The first kappa shape index (κ1) is 33.8. The minimum Gasteiger partial charge on any atom is -0.458 e. The monoisotopic (exact) mass is 626 g/mol. The van der Waals surface area contributed by atoms with E-state index >= 15 is 0 Å². The van der Waals surface area contributed by atoms with Gasteiger partial charge in [-0.25, -0.2) is 9.78 Å². The Morgan fingerprint density at radius 1 is 1.16 bits per heavy atom. The summed E-state index contributed by atoms with van der Waals surface area (Å²) in [6.45, 7) is 10.7. The largest absolute Gasteiger partial charge is 0.458 e.